The lowest BCUT2D eigenvalue weighted by Gasteiger charge is -2.20. The zero-order chi connectivity index (χ0) is 27.5. The molecule has 1 aliphatic heterocycles. The predicted molar refractivity (Wildman–Crippen MR) is 127 cm³/mol. The van der Waals surface area contributed by atoms with Crippen LogP contribution in [0.4, 0.5) is 18.9 Å². The highest BCUT2D eigenvalue weighted by atomic mass is 35.5. The number of nitrogens with one attached hydrogen (secondary N) is 3. The van der Waals surface area contributed by atoms with Crippen LogP contribution < -0.4 is 21.7 Å². The van der Waals surface area contributed by atoms with Gasteiger partial charge in [0.15, 0.2) is 0 Å². The molecule has 37 heavy (non-hydrogen) atoms. The number of nitrogens with two attached hydrogens (primary N) is 1. The minimum absolute atomic E-state index is 0.0731. The van der Waals surface area contributed by atoms with E-state index in [2.05, 4.69) is 16.0 Å². The summed E-state index contributed by atoms with van der Waals surface area (Å²) in [6.07, 6.45) is -4.50. The zero-order valence-electron chi connectivity index (χ0n) is 19.3. The first-order valence-corrected chi connectivity index (χ1v) is 11.4. The Kier molecular flexibility index (Phi) is 8.22. The van der Waals surface area contributed by atoms with Gasteiger partial charge in [-0.3, -0.25) is 24.0 Å². The molecule has 1 heterocycles. The van der Waals surface area contributed by atoms with Crippen LogP contribution >= 0.6 is 11.6 Å². The van der Waals surface area contributed by atoms with Gasteiger partial charge in [-0.25, -0.2) is 0 Å². The largest absolute Gasteiger partial charge is 0.416 e. The fourth-order valence-corrected chi connectivity index (χ4v) is 4.10. The summed E-state index contributed by atoms with van der Waals surface area (Å²) in [5.74, 6) is -5.33. The SMILES string of the molecule is C[C@@H]1C[C@@H](C[C@H](NC(=O)c2cc(Cl)ccc2NC(=O)c2cccc(C(F)(F)F)c2)C(=O)C(N)=O)C(=O)N1. The molecule has 196 valence electrons. The van der Waals surface area contributed by atoms with E-state index in [1.165, 1.54) is 12.1 Å². The average molecular weight is 539 g/mol. The van der Waals surface area contributed by atoms with E-state index in [1.54, 1.807) is 6.92 Å². The average Bonchev–Trinajstić information content (AvgIpc) is 3.14. The van der Waals surface area contributed by atoms with Crippen molar-refractivity contribution in [2.24, 2.45) is 11.7 Å². The summed E-state index contributed by atoms with van der Waals surface area (Å²) in [5, 5.41) is 7.47. The molecule has 5 N–H and O–H groups in total. The molecule has 1 fully saturated rings. The molecule has 0 aliphatic carbocycles. The van der Waals surface area contributed by atoms with Gasteiger partial charge in [-0.15, -0.1) is 0 Å². The van der Waals surface area contributed by atoms with Gasteiger partial charge >= 0.3 is 6.18 Å². The second kappa shape index (κ2) is 11.0. The summed E-state index contributed by atoms with van der Waals surface area (Å²) in [5.41, 5.74) is 3.40. The Hall–Kier alpha value is -3.93. The third kappa shape index (κ3) is 6.85. The molecule has 0 radical (unpaired) electrons. The monoisotopic (exact) mass is 538 g/mol. The molecule has 3 rings (SSSR count). The summed E-state index contributed by atoms with van der Waals surface area (Å²) in [6.45, 7) is 1.76. The van der Waals surface area contributed by atoms with Crippen molar-refractivity contribution in [2.75, 3.05) is 5.32 Å². The van der Waals surface area contributed by atoms with Crippen molar-refractivity contribution < 1.29 is 37.1 Å². The maximum absolute atomic E-state index is 13.1. The molecule has 0 aromatic heterocycles. The van der Waals surface area contributed by atoms with Gasteiger partial charge in [-0.2, -0.15) is 13.2 Å². The first-order valence-electron chi connectivity index (χ1n) is 11.0. The molecule has 1 saturated heterocycles. The van der Waals surface area contributed by atoms with E-state index in [4.69, 9.17) is 17.3 Å². The van der Waals surface area contributed by atoms with Gasteiger partial charge < -0.3 is 21.7 Å². The van der Waals surface area contributed by atoms with E-state index in [0.29, 0.717) is 12.5 Å². The Morgan fingerprint density at radius 3 is 2.43 bits per heavy atom. The van der Waals surface area contributed by atoms with Crippen LogP contribution in [0.2, 0.25) is 5.02 Å². The maximum Gasteiger partial charge on any atom is 0.416 e. The Balaban J connectivity index is 1.85. The van der Waals surface area contributed by atoms with Gasteiger partial charge in [-0.1, -0.05) is 17.7 Å². The molecule has 2 aromatic carbocycles. The number of benzene rings is 2. The predicted octanol–water partition coefficient (Wildman–Crippen LogP) is 2.68. The minimum atomic E-state index is -4.67. The standard InChI is InChI=1S/C24H22ClF3N4O5/c1-11-7-13(22(36)30-11)9-18(19(33)20(29)34)32-23(37)16-10-15(25)5-6-17(16)31-21(35)12-3-2-4-14(8-12)24(26,27)28/h2-6,8,10-11,13,18H,7,9H2,1H3,(H2,29,34)(H,30,36)(H,31,35)(H,32,37)/t11-,13+,18+/m1/s1. The number of amides is 4. The van der Waals surface area contributed by atoms with Gasteiger partial charge in [0.2, 0.25) is 11.7 Å². The van der Waals surface area contributed by atoms with Crippen molar-refractivity contribution in [3.63, 3.8) is 0 Å². The van der Waals surface area contributed by atoms with Crippen molar-refractivity contribution in [1.29, 1.82) is 0 Å². The Morgan fingerprint density at radius 2 is 1.84 bits per heavy atom. The summed E-state index contributed by atoms with van der Waals surface area (Å²) < 4.78 is 39.1. The summed E-state index contributed by atoms with van der Waals surface area (Å²) in [6, 6.07) is 5.81. The van der Waals surface area contributed by atoms with Crippen LogP contribution in [0.3, 0.4) is 0 Å². The number of hydrogen-bond acceptors (Lipinski definition) is 5. The van der Waals surface area contributed by atoms with E-state index in [1.807, 2.05) is 0 Å². The number of rotatable bonds is 8. The van der Waals surface area contributed by atoms with Crippen molar-refractivity contribution in [3.05, 3.63) is 64.2 Å². The van der Waals surface area contributed by atoms with Crippen LogP contribution in [0.15, 0.2) is 42.5 Å². The molecule has 4 amide bonds. The fourth-order valence-electron chi connectivity index (χ4n) is 3.93. The number of anilines is 1. The second-order valence-electron chi connectivity index (χ2n) is 8.56. The quantitative estimate of drug-likeness (QED) is 0.381. The molecule has 2 aromatic rings. The molecular weight excluding hydrogens is 517 g/mol. The van der Waals surface area contributed by atoms with Gasteiger partial charge in [-0.05, 0) is 56.2 Å². The molecule has 3 atom stereocenters. The van der Waals surface area contributed by atoms with Crippen molar-refractivity contribution in [2.45, 2.75) is 38.0 Å². The van der Waals surface area contributed by atoms with Crippen molar-refractivity contribution in [3.8, 4) is 0 Å². The fraction of sp³-hybridized carbons (Fsp3) is 0.292. The lowest BCUT2D eigenvalue weighted by Crippen LogP contribution is -2.47. The van der Waals surface area contributed by atoms with Gasteiger partial charge in [0.05, 0.1) is 22.9 Å². The molecular formula is C24H22ClF3N4O5. The van der Waals surface area contributed by atoms with Crippen molar-refractivity contribution >= 4 is 46.7 Å². The highest BCUT2D eigenvalue weighted by Crippen LogP contribution is 2.30. The molecule has 0 saturated carbocycles. The highest BCUT2D eigenvalue weighted by Gasteiger charge is 2.36. The second-order valence-corrected chi connectivity index (χ2v) is 8.99. The van der Waals surface area contributed by atoms with Gasteiger partial charge in [0, 0.05) is 22.5 Å². The molecule has 13 heteroatoms. The van der Waals surface area contributed by atoms with Crippen LogP contribution in [0, 0.1) is 5.92 Å². The number of ketones is 1. The highest BCUT2D eigenvalue weighted by molar-refractivity contribution is 6.38. The Bertz CT molecular complexity index is 1270. The molecule has 0 unspecified atom stereocenters. The first kappa shape index (κ1) is 27.7. The summed E-state index contributed by atoms with van der Waals surface area (Å²) in [4.78, 5) is 61.9. The normalized spacial score (nSPS) is 18.0. The Labute approximate surface area is 213 Å². The first-order chi connectivity index (χ1) is 17.3. The van der Waals surface area contributed by atoms with Crippen molar-refractivity contribution in [1.82, 2.24) is 10.6 Å². The minimum Gasteiger partial charge on any atom is -0.363 e. The van der Waals surface area contributed by atoms with Gasteiger partial charge in [0.25, 0.3) is 17.7 Å². The number of halogens is 4. The van der Waals surface area contributed by atoms with Crippen LogP contribution in [0.1, 0.15) is 46.0 Å². The molecule has 0 bridgehead atoms. The lowest BCUT2D eigenvalue weighted by atomic mass is 9.94. The van der Waals surface area contributed by atoms with E-state index >= 15 is 0 Å². The van der Waals surface area contributed by atoms with E-state index < -0.39 is 47.2 Å². The Morgan fingerprint density at radius 1 is 1.14 bits per heavy atom. The number of carbonyl (C=O) groups is 5. The van der Waals surface area contributed by atoms with Crippen LogP contribution in [0.5, 0.6) is 0 Å². The number of primary amides is 1. The summed E-state index contributed by atoms with van der Waals surface area (Å²) >= 11 is 6.00. The third-order valence-electron chi connectivity index (χ3n) is 5.71. The van der Waals surface area contributed by atoms with E-state index in [0.717, 1.165) is 24.3 Å². The third-order valence-corrected chi connectivity index (χ3v) is 5.94. The lowest BCUT2D eigenvalue weighted by molar-refractivity contribution is -0.137. The van der Waals surface area contributed by atoms with Crippen LogP contribution in [0.25, 0.3) is 0 Å². The topological polar surface area (TPSA) is 147 Å². The number of Topliss-reactive ketones (excluding diaryl/α,β-unsaturated/α-hetero) is 1. The zero-order valence-corrected chi connectivity index (χ0v) is 20.1. The smallest absolute Gasteiger partial charge is 0.363 e. The summed E-state index contributed by atoms with van der Waals surface area (Å²) in [7, 11) is 0. The number of hydrogen-bond donors (Lipinski definition) is 4. The molecule has 0 spiro atoms. The van der Waals surface area contributed by atoms with E-state index in [-0.39, 0.29) is 40.2 Å². The number of alkyl halides is 3. The van der Waals surface area contributed by atoms with Crippen LogP contribution in [-0.4, -0.2) is 41.5 Å². The van der Waals surface area contributed by atoms with Gasteiger partial charge in [0.1, 0.15) is 0 Å². The molecule has 9 nitrogen and oxygen atoms in total. The number of carbonyl (C=O) groups excluding carboxylic acids is 5. The molecule has 1 aliphatic rings. The maximum atomic E-state index is 13.1. The van der Waals surface area contributed by atoms with Crippen LogP contribution in [-0.2, 0) is 20.6 Å². The van der Waals surface area contributed by atoms with E-state index in [9.17, 15) is 37.1 Å².